The van der Waals surface area contributed by atoms with Gasteiger partial charge in [-0.25, -0.2) is 0 Å². The highest BCUT2D eigenvalue weighted by atomic mass is 16.3. The summed E-state index contributed by atoms with van der Waals surface area (Å²) in [5.41, 5.74) is 0.452. The van der Waals surface area contributed by atoms with Gasteiger partial charge in [0.05, 0.1) is 5.69 Å². The lowest BCUT2D eigenvalue weighted by atomic mass is 9.90. The Kier molecular flexibility index (Phi) is 2.87. The van der Waals surface area contributed by atoms with E-state index in [1.54, 1.807) is 12.1 Å². The van der Waals surface area contributed by atoms with Gasteiger partial charge in [-0.2, -0.15) is 5.10 Å². The molecular formula is C15H17N3O2. The maximum absolute atomic E-state index is 12.1. The topological polar surface area (TPSA) is 67.2 Å². The summed E-state index contributed by atoms with van der Waals surface area (Å²) in [7, 11) is 0. The Morgan fingerprint density at radius 1 is 1.35 bits per heavy atom. The molecule has 0 bridgehead atoms. The van der Waals surface area contributed by atoms with Crippen LogP contribution in [0, 0.1) is 0 Å². The standard InChI is InChI=1S/C15H17N3O2/c1-10(2)18-8-7-11(17-18)9-15(20)12-5-3-4-6-13(12)16-14(15)19/h3-8,10,20H,9H2,1-2H3,(H,16,19). The van der Waals surface area contributed by atoms with Gasteiger partial charge in [0.15, 0.2) is 5.60 Å². The van der Waals surface area contributed by atoms with E-state index >= 15 is 0 Å². The summed E-state index contributed by atoms with van der Waals surface area (Å²) in [5.74, 6) is -0.391. The maximum Gasteiger partial charge on any atom is 0.261 e. The molecule has 3 rings (SSSR count). The number of benzene rings is 1. The fourth-order valence-electron chi connectivity index (χ4n) is 2.50. The van der Waals surface area contributed by atoms with Crippen molar-refractivity contribution in [2.24, 2.45) is 0 Å². The number of carbonyl (C=O) groups excluding carboxylic acids is 1. The van der Waals surface area contributed by atoms with E-state index in [2.05, 4.69) is 10.4 Å². The molecule has 1 aromatic heterocycles. The Morgan fingerprint density at radius 2 is 2.10 bits per heavy atom. The van der Waals surface area contributed by atoms with E-state index in [1.165, 1.54) is 0 Å². The number of carbonyl (C=O) groups is 1. The third-order valence-electron chi connectivity index (χ3n) is 3.63. The molecule has 1 amide bonds. The van der Waals surface area contributed by atoms with Crippen molar-refractivity contribution in [2.75, 3.05) is 5.32 Å². The summed E-state index contributed by atoms with van der Waals surface area (Å²) in [4.78, 5) is 12.1. The molecule has 1 aliphatic heterocycles. The van der Waals surface area contributed by atoms with Crippen LogP contribution in [0.1, 0.15) is 31.1 Å². The lowest BCUT2D eigenvalue weighted by Crippen LogP contribution is -2.36. The van der Waals surface area contributed by atoms with Crippen LogP contribution in [0.15, 0.2) is 36.5 Å². The number of hydrogen-bond donors (Lipinski definition) is 2. The van der Waals surface area contributed by atoms with Gasteiger partial charge in [-0.15, -0.1) is 0 Å². The van der Waals surface area contributed by atoms with Crippen molar-refractivity contribution in [2.45, 2.75) is 31.9 Å². The number of amides is 1. The van der Waals surface area contributed by atoms with Gasteiger partial charge in [-0.1, -0.05) is 18.2 Å². The van der Waals surface area contributed by atoms with Crippen molar-refractivity contribution in [3.63, 3.8) is 0 Å². The fraction of sp³-hybridized carbons (Fsp3) is 0.333. The minimum Gasteiger partial charge on any atom is -0.375 e. The van der Waals surface area contributed by atoms with Crippen molar-refractivity contribution >= 4 is 11.6 Å². The average molecular weight is 271 g/mol. The van der Waals surface area contributed by atoms with Crippen LogP contribution in [0.3, 0.4) is 0 Å². The van der Waals surface area contributed by atoms with Crippen LogP contribution in [0.2, 0.25) is 0 Å². The largest absolute Gasteiger partial charge is 0.375 e. The molecule has 2 N–H and O–H groups in total. The molecule has 1 aliphatic rings. The van der Waals surface area contributed by atoms with Gasteiger partial charge in [-0.3, -0.25) is 9.48 Å². The molecule has 0 fully saturated rings. The Balaban J connectivity index is 1.94. The number of aliphatic hydroxyl groups is 1. The summed E-state index contributed by atoms with van der Waals surface area (Å²) >= 11 is 0. The highest BCUT2D eigenvalue weighted by Crippen LogP contribution is 2.37. The molecule has 0 radical (unpaired) electrons. The first-order chi connectivity index (χ1) is 9.50. The second kappa shape index (κ2) is 4.45. The molecule has 104 valence electrons. The summed E-state index contributed by atoms with van der Waals surface area (Å²) in [6.45, 7) is 4.06. The fourth-order valence-corrected chi connectivity index (χ4v) is 2.50. The molecule has 1 aromatic carbocycles. The molecule has 5 heteroatoms. The number of anilines is 1. The SMILES string of the molecule is CC(C)n1ccc(CC2(O)C(=O)Nc3ccccc32)n1. The first-order valence-electron chi connectivity index (χ1n) is 6.68. The number of fused-ring (bicyclic) bond motifs is 1. The molecule has 1 atom stereocenters. The highest BCUT2D eigenvalue weighted by molar-refractivity contribution is 6.05. The molecule has 2 aromatic rings. The van der Waals surface area contributed by atoms with Gasteiger partial charge in [0.25, 0.3) is 5.91 Å². The van der Waals surface area contributed by atoms with E-state index in [0.29, 0.717) is 16.9 Å². The van der Waals surface area contributed by atoms with Gasteiger partial charge in [0, 0.05) is 29.9 Å². The summed E-state index contributed by atoms with van der Waals surface area (Å²) < 4.78 is 1.82. The highest BCUT2D eigenvalue weighted by Gasteiger charge is 2.45. The van der Waals surface area contributed by atoms with Crippen molar-refractivity contribution in [3.05, 3.63) is 47.8 Å². The average Bonchev–Trinajstić information content (AvgIpc) is 2.96. The number of rotatable bonds is 3. The predicted molar refractivity (Wildman–Crippen MR) is 75.3 cm³/mol. The maximum atomic E-state index is 12.1. The minimum absolute atomic E-state index is 0.176. The third kappa shape index (κ3) is 1.91. The van der Waals surface area contributed by atoms with Crippen LogP contribution in [0.4, 0.5) is 5.69 Å². The normalized spacial score (nSPS) is 21.1. The van der Waals surface area contributed by atoms with E-state index < -0.39 is 11.5 Å². The molecule has 0 aliphatic carbocycles. The van der Waals surface area contributed by atoms with Gasteiger partial charge < -0.3 is 10.4 Å². The second-order valence-corrected chi connectivity index (χ2v) is 5.42. The van der Waals surface area contributed by atoms with Crippen LogP contribution in [0.25, 0.3) is 0 Å². The van der Waals surface area contributed by atoms with E-state index in [1.807, 2.05) is 42.9 Å². The lowest BCUT2D eigenvalue weighted by Gasteiger charge is -2.19. The Labute approximate surface area is 117 Å². The predicted octanol–water partition coefficient (Wildman–Crippen LogP) is 1.85. The zero-order chi connectivity index (χ0) is 14.3. The Morgan fingerprint density at radius 3 is 2.80 bits per heavy atom. The van der Waals surface area contributed by atoms with E-state index in [-0.39, 0.29) is 12.5 Å². The summed E-state index contributed by atoms with van der Waals surface area (Å²) in [6.07, 6.45) is 2.04. The van der Waals surface area contributed by atoms with Crippen LogP contribution < -0.4 is 5.32 Å². The molecular weight excluding hydrogens is 254 g/mol. The minimum atomic E-state index is -1.53. The van der Waals surface area contributed by atoms with Crippen molar-refractivity contribution in [3.8, 4) is 0 Å². The van der Waals surface area contributed by atoms with E-state index in [9.17, 15) is 9.90 Å². The zero-order valence-corrected chi connectivity index (χ0v) is 11.5. The van der Waals surface area contributed by atoms with E-state index in [0.717, 1.165) is 0 Å². The molecule has 2 heterocycles. The smallest absolute Gasteiger partial charge is 0.261 e. The van der Waals surface area contributed by atoms with Crippen LogP contribution in [-0.4, -0.2) is 20.8 Å². The van der Waals surface area contributed by atoms with Crippen LogP contribution in [-0.2, 0) is 16.8 Å². The quantitative estimate of drug-likeness (QED) is 0.895. The first kappa shape index (κ1) is 12.9. The van der Waals surface area contributed by atoms with Crippen molar-refractivity contribution in [1.82, 2.24) is 9.78 Å². The van der Waals surface area contributed by atoms with Crippen LogP contribution >= 0.6 is 0 Å². The third-order valence-corrected chi connectivity index (χ3v) is 3.63. The summed E-state index contributed by atoms with van der Waals surface area (Å²) in [6, 6.07) is 9.30. The van der Waals surface area contributed by atoms with Gasteiger partial charge >= 0.3 is 0 Å². The molecule has 0 saturated heterocycles. The molecule has 0 saturated carbocycles. The first-order valence-corrected chi connectivity index (χ1v) is 6.68. The van der Waals surface area contributed by atoms with Gasteiger partial charge in [-0.05, 0) is 26.0 Å². The molecule has 1 unspecified atom stereocenters. The number of nitrogens with zero attached hydrogens (tertiary/aromatic N) is 2. The number of aromatic nitrogens is 2. The molecule has 0 spiro atoms. The molecule has 20 heavy (non-hydrogen) atoms. The number of nitrogens with one attached hydrogen (secondary N) is 1. The zero-order valence-electron chi connectivity index (χ0n) is 11.5. The molecule has 5 nitrogen and oxygen atoms in total. The number of hydrogen-bond acceptors (Lipinski definition) is 3. The number of para-hydroxylation sites is 1. The van der Waals surface area contributed by atoms with Gasteiger partial charge in [0.1, 0.15) is 0 Å². The van der Waals surface area contributed by atoms with Gasteiger partial charge in [0.2, 0.25) is 0 Å². The second-order valence-electron chi connectivity index (χ2n) is 5.42. The lowest BCUT2D eigenvalue weighted by molar-refractivity contribution is -0.133. The monoisotopic (exact) mass is 271 g/mol. The summed E-state index contributed by atoms with van der Waals surface area (Å²) in [5, 5.41) is 17.9. The Hall–Kier alpha value is -2.14. The Bertz CT molecular complexity index is 663. The van der Waals surface area contributed by atoms with Crippen LogP contribution in [0.5, 0.6) is 0 Å². The van der Waals surface area contributed by atoms with Crippen molar-refractivity contribution in [1.29, 1.82) is 0 Å². The van der Waals surface area contributed by atoms with Crippen molar-refractivity contribution < 1.29 is 9.90 Å². The van der Waals surface area contributed by atoms with E-state index in [4.69, 9.17) is 0 Å².